The van der Waals surface area contributed by atoms with Crippen molar-refractivity contribution in [3.8, 4) is 11.5 Å². The lowest BCUT2D eigenvalue weighted by Crippen LogP contribution is -2.23. The minimum atomic E-state index is -0.606. The monoisotopic (exact) mass is 461 g/mol. The zero-order valence-corrected chi connectivity index (χ0v) is 17.5. The van der Waals surface area contributed by atoms with E-state index in [-0.39, 0.29) is 29.4 Å². The summed E-state index contributed by atoms with van der Waals surface area (Å²) in [4.78, 5) is 21.9. The Morgan fingerprint density at radius 1 is 1.38 bits per heavy atom. The molecule has 0 fully saturated rings. The maximum Gasteiger partial charge on any atom is 0.307 e. The van der Waals surface area contributed by atoms with Gasteiger partial charge in [-0.25, -0.2) is 9.82 Å². The number of ether oxygens (including phenoxy) is 2. The third-order valence-corrected chi connectivity index (χ3v) is 4.51. The number of aromatic nitrogens is 2. The molecular weight excluding hydrogens is 445 g/mol. The van der Waals surface area contributed by atoms with Crippen LogP contribution in [0.5, 0.6) is 11.5 Å². The van der Waals surface area contributed by atoms with E-state index in [1.54, 1.807) is 24.3 Å². The number of hydrazone groups is 1. The van der Waals surface area contributed by atoms with Gasteiger partial charge < -0.3 is 9.47 Å². The Bertz CT molecular complexity index is 1150. The van der Waals surface area contributed by atoms with Crippen LogP contribution in [0.15, 0.2) is 53.9 Å². The van der Waals surface area contributed by atoms with Gasteiger partial charge in [-0.1, -0.05) is 17.7 Å². The van der Waals surface area contributed by atoms with Crippen LogP contribution >= 0.6 is 11.6 Å². The summed E-state index contributed by atoms with van der Waals surface area (Å²) in [6.45, 7) is -0.323. The Kier molecular flexibility index (Phi) is 7.34. The fourth-order valence-corrected chi connectivity index (χ4v) is 2.82. The topological polar surface area (TPSA) is 121 Å². The second-order valence-corrected chi connectivity index (χ2v) is 6.75. The zero-order chi connectivity index (χ0) is 23.1. The molecular formula is C20H17ClFN5O5. The Morgan fingerprint density at radius 2 is 2.19 bits per heavy atom. The first kappa shape index (κ1) is 22.7. The van der Waals surface area contributed by atoms with Crippen molar-refractivity contribution >= 4 is 29.4 Å². The second kappa shape index (κ2) is 10.4. The lowest BCUT2D eigenvalue weighted by Gasteiger charge is -2.12. The van der Waals surface area contributed by atoms with Gasteiger partial charge >= 0.3 is 5.69 Å². The molecule has 1 aromatic heterocycles. The molecule has 0 saturated heterocycles. The Labute approximate surface area is 186 Å². The quantitative estimate of drug-likeness (QED) is 0.296. The first-order valence-electron chi connectivity index (χ1n) is 9.10. The van der Waals surface area contributed by atoms with Gasteiger partial charge in [0, 0.05) is 5.56 Å². The number of halogens is 2. The first-order chi connectivity index (χ1) is 15.4. The maximum atomic E-state index is 13.9. The van der Waals surface area contributed by atoms with Gasteiger partial charge in [0.2, 0.25) is 0 Å². The second-order valence-electron chi connectivity index (χ2n) is 6.35. The van der Waals surface area contributed by atoms with E-state index in [2.05, 4.69) is 15.6 Å². The van der Waals surface area contributed by atoms with E-state index in [1.807, 2.05) is 0 Å². The number of carbonyl (C=O) groups excluding carboxylic acids is 1. The predicted octanol–water partition coefficient (Wildman–Crippen LogP) is 3.32. The van der Waals surface area contributed by atoms with Crippen molar-refractivity contribution in [2.75, 3.05) is 7.11 Å². The summed E-state index contributed by atoms with van der Waals surface area (Å²) in [5, 5.41) is 18.5. The lowest BCUT2D eigenvalue weighted by atomic mass is 10.2. The highest BCUT2D eigenvalue weighted by atomic mass is 35.5. The van der Waals surface area contributed by atoms with Crippen molar-refractivity contribution in [1.29, 1.82) is 0 Å². The van der Waals surface area contributed by atoms with Crippen molar-refractivity contribution in [2.45, 2.75) is 13.2 Å². The summed E-state index contributed by atoms with van der Waals surface area (Å²) >= 11 is 6.01. The summed E-state index contributed by atoms with van der Waals surface area (Å²) in [5.41, 5.74) is 2.91. The fourth-order valence-electron chi connectivity index (χ4n) is 2.60. The third kappa shape index (κ3) is 5.79. The number of rotatable bonds is 9. The van der Waals surface area contributed by atoms with Gasteiger partial charge in [0.05, 0.1) is 23.3 Å². The summed E-state index contributed by atoms with van der Waals surface area (Å²) in [7, 11) is 1.45. The van der Waals surface area contributed by atoms with E-state index in [4.69, 9.17) is 21.1 Å². The van der Waals surface area contributed by atoms with Crippen LogP contribution in [0.4, 0.5) is 10.1 Å². The van der Waals surface area contributed by atoms with E-state index >= 15 is 0 Å². The average molecular weight is 462 g/mol. The number of hydrogen-bond acceptors (Lipinski definition) is 7. The highest BCUT2D eigenvalue weighted by Gasteiger charge is 2.12. The van der Waals surface area contributed by atoms with Gasteiger partial charge in [0.25, 0.3) is 5.91 Å². The molecule has 0 aliphatic heterocycles. The van der Waals surface area contributed by atoms with E-state index in [9.17, 15) is 19.3 Å². The molecule has 0 radical (unpaired) electrons. The number of methoxy groups -OCH3 is 1. The number of nitrogens with one attached hydrogen (secondary N) is 1. The van der Waals surface area contributed by atoms with Crippen LogP contribution < -0.4 is 14.9 Å². The van der Waals surface area contributed by atoms with Gasteiger partial charge in [0.15, 0.2) is 11.5 Å². The molecule has 0 unspecified atom stereocenters. The fraction of sp³-hybridized carbons (Fsp3) is 0.150. The number of carbonyl (C=O) groups is 1. The van der Waals surface area contributed by atoms with Crippen molar-refractivity contribution in [3.05, 3.63) is 80.9 Å². The van der Waals surface area contributed by atoms with Gasteiger partial charge in [0.1, 0.15) is 31.4 Å². The Hall–Kier alpha value is -3.99. The Balaban J connectivity index is 1.59. The lowest BCUT2D eigenvalue weighted by molar-refractivity contribution is -0.385. The molecule has 3 aromatic rings. The molecule has 0 bridgehead atoms. The molecule has 2 aromatic carbocycles. The normalized spacial score (nSPS) is 10.8. The highest BCUT2D eigenvalue weighted by molar-refractivity contribution is 6.31. The molecule has 166 valence electrons. The van der Waals surface area contributed by atoms with Crippen molar-refractivity contribution in [3.63, 3.8) is 0 Å². The number of benzene rings is 2. The number of nitro groups is 1. The van der Waals surface area contributed by atoms with Crippen LogP contribution in [0.2, 0.25) is 5.02 Å². The number of hydrogen-bond donors (Lipinski definition) is 1. The van der Waals surface area contributed by atoms with E-state index in [1.165, 1.54) is 25.5 Å². The minimum absolute atomic E-state index is 0.0864. The van der Waals surface area contributed by atoms with E-state index < -0.39 is 16.6 Å². The van der Waals surface area contributed by atoms with Crippen LogP contribution in [0.1, 0.15) is 11.1 Å². The molecule has 1 heterocycles. The molecule has 3 rings (SSSR count). The average Bonchev–Trinajstić information content (AvgIpc) is 3.22. The third-order valence-electron chi connectivity index (χ3n) is 4.16. The summed E-state index contributed by atoms with van der Waals surface area (Å²) in [5.74, 6) is -0.251. The first-order valence-corrected chi connectivity index (χ1v) is 9.47. The van der Waals surface area contributed by atoms with Crippen LogP contribution in [-0.2, 0) is 17.9 Å². The number of amides is 1. The van der Waals surface area contributed by atoms with Crippen molar-refractivity contribution in [2.24, 2.45) is 5.10 Å². The summed E-state index contributed by atoms with van der Waals surface area (Å²) in [6.07, 6.45) is 3.57. The van der Waals surface area contributed by atoms with Crippen molar-refractivity contribution < 1.29 is 23.6 Å². The van der Waals surface area contributed by atoms with Crippen LogP contribution in [0, 0.1) is 15.9 Å². The van der Waals surface area contributed by atoms with Crippen LogP contribution in [0.3, 0.4) is 0 Å². The van der Waals surface area contributed by atoms with Gasteiger partial charge in [-0.15, -0.1) is 0 Å². The molecule has 10 nitrogen and oxygen atoms in total. The van der Waals surface area contributed by atoms with Gasteiger partial charge in [-0.2, -0.15) is 10.2 Å². The molecule has 32 heavy (non-hydrogen) atoms. The summed E-state index contributed by atoms with van der Waals surface area (Å²) < 4.78 is 26.0. The predicted molar refractivity (Wildman–Crippen MR) is 113 cm³/mol. The van der Waals surface area contributed by atoms with Crippen LogP contribution in [-0.4, -0.2) is 33.9 Å². The maximum absolute atomic E-state index is 13.9. The van der Waals surface area contributed by atoms with Crippen molar-refractivity contribution in [1.82, 2.24) is 15.2 Å². The van der Waals surface area contributed by atoms with Gasteiger partial charge in [-0.3, -0.25) is 19.6 Å². The minimum Gasteiger partial charge on any atom is -0.493 e. The molecule has 0 aliphatic carbocycles. The SMILES string of the molecule is COc1cc(/C=N/NC(=O)Cn2cc([N+](=O)[O-])cn2)ccc1OCc1c(F)cccc1Cl. The Morgan fingerprint density at radius 3 is 2.88 bits per heavy atom. The molecule has 0 saturated carbocycles. The smallest absolute Gasteiger partial charge is 0.307 e. The summed E-state index contributed by atoms with van der Waals surface area (Å²) in [6, 6.07) is 9.26. The standard InChI is InChI=1S/C20H17ClFN5O5/c1-31-19-7-13(5-6-18(19)32-12-15-16(21)3-2-4-17(15)22)8-23-25-20(28)11-26-10-14(9-24-26)27(29)30/h2-10H,11-12H2,1H3,(H,25,28)/b23-8+. The van der Waals surface area contributed by atoms with Crippen LogP contribution in [0.25, 0.3) is 0 Å². The molecule has 1 N–H and O–H groups in total. The van der Waals surface area contributed by atoms with Gasteiger partial charge in [-0.05, 0) is 35.9 Å². The molecule has 1 amide bonds. The highest BCUT2D eigenvalue weighted by Crippen LogP contribution is 2.29. The zero-order valence-electron chi connectivity index (χ0n) is 16.7. The molecule has 0 atom stereocenters. The molecule has 0 aliphatic rings. The number of nitrogens with zero attached hydrogens (tertiary/aromatic N) is 4. The molecule has 12 heteroatoms. The van der Waals surface area contributed by atoms with E-state index in [0.717, 1.165) is 17.1 Å². The molecule has 0 spiro atoms. The largest absolute Gasteiger partial charge is 0.493 e. The van der Waals surface area contributed by atoms with E-state index in [0.29, 0.717) is 17.1 Å².